The molecule has 0 saturated heterocycles. The van der Waals surface area contributed by atoms with E-state index < -0.39 is 5.60 Å². The molecule has 0 spiro atoms. The molecule has 1 N–H and O–H groups in total. The maximum absolute atomic E-state index is 10.3. The fourth-order valence-corrected chi connectivity index (χ4v) is 3.32. The normalized spacial score (nSPS) is 15.4. The maximum atomic E-state index is 10.3. The van der Waals surface area contributed by atoms with Crippen molar-refractivity contribution in [1.82, 2.24) is 4.98 Å². The van der Waals surface area contributed by atoms with Crippen molar-refractivity contribution >= 4 is 38.6 Å². The maximum Gasteiger partial charge on any atom is 0.147 e. The van der Waals surface area contributed by atoms with Crippen molar-refractivity contribution < 1.29 is 5.11 Å². The van der Waals surface area contributed by atoms with Crippen molar-refractivity contribution in [2.75, 3.05) is 0 Å². The van der Waals surface area contributed by atoms with Crippen LogP contribution >= 0.6 is 38.6 Å². The van der Waals surface area contributed by atoms with Gasteiger partial charge in [-0.2, -0.15) is 0 Å². The van der Waals surface area contributed by atoms with Crippen molar-refractivity contribution in [2.45, 2.75) is 12.5 Å². The summed E-state index contributed by atoms with van der Waals surface area (Å²) >= 11 is 6.27. The van der Waals surface area contributed by atoms with Crippen LogP contribution in [-0.2, 0) is 5.60 Å². The first kappa shape index (κ1) is 10.3. The van der Waals surface area contributed by atoms with Crippen LogP contribution in [-0.4, -0.2) is 10.1 Å². The molecule has 1 atom stereocenters. The fraction of sp³-hybridized carbons (Fsp3) is 0.222. The summed E-state index contributed by atoms with van der Waals surface area (Å²) in [5.74, 6) is 0. The topological polar surface area (TPSA) is 33.1 Å². The molecule has 0 aliphatic carbocycles. The first-order valence-electron chi connectivity index (χ1n) is 3.98. The lowest BCUT2D eigenvalue weighted by atomic mass is 10.1. The Hall–Kier alpha value is -0.230. The van der Waals surface area contributed by atoms with Crippen LogP contribution in [0.2, 0.25) is 0 Å². The zero-order valence-electron chi connectivity index (χ0n) is 7.40. The molecule has 0 saturated carbocycles. The molecule has 14 heavy (non-hydrogen) atoms. The third-order valence-corrected chi connectivity index (χ3v) is 4.74. The lowest BCUT2D eigenvalue weighted by molar-refractivity contribution is 0.106. The summed E-state index contributed by atoms with van der Waals surface area (Å²) in [7, 11) is 0. The summed E-state index contributed by atoms with van der Waals surface area (Å²) in [6, 6.07) is 3.84. The molecule has 2 aromatic heterocycles. The van der Waals surface area contributed by atoms with Crippen molar-refractivity contribution in [2.24, 2.45) is 0 Å². The molecule has 1 unspecified atom stereocenters. The summed E-state index contributed by atoms with van der Waals surface area (Å²) < 4.78 is 0.773. The minimum absolute atomic E-state index is 0.715. The molecule has 0 radical (unpaired) electrons. The minimum Gasteiger partial charge on any atom is -0.377 e. The standard InChI is InChI=1S/C9H8BrNOS2/c1-9(12,6-3-2-4-13-6)8-11-7(10)5-14-8/h2-5,12H,1H3. The number of nitrogens with zero attached hydrogens (tertiary/aromatic N) is 1. The first-order valence-corrected chi connectivity index (χ1v) is 6.54. The molecular weight excluding hydrogens is 282 g/mol. The molecule has 0 aliphatic rings. The second-order valence-electron chi connectivity index (χ2n) is 3.02. The van der Waals surface area contributed by atoms with E-state index in [0.717, 1.165) is 9.48 Å². The number of thiophene rings is 1. The van der Waals surface area contributed by atoms with Crippen molar-refractivity contribution in [1.29, 1.82) is 0 Å². The van der Waals surface area contributed by atoms with E-state index >= 15 is 0 Å². The Kier molecular flexibility index (Phi) is 2.74. The largest absolute Gasteiger partial charge is 0.377 e. The predicted octanol–water partition coefficient (Wildman–Crippen LogP) is 3.22. The summed E-state index contributed by atoms with van der Waals surface area (Å²) in [5.41, 5.74) is -0.967. The smallest absolute Gasteiger partial charge is 0.147 e. The zero-order valence-corrected chi connectivity index (χ0v) is 10.6. The highest BCUT2D eigenvalue weighted by molar-refractivity contribution is 9.10. The highest BCUT2D eigenvalue weighted by Gasteiger charge is 2.29. The van der Waals surface area contributed by atoms with Gasteiger partial charge in [-0.05, 0) is 34.3 Å². The average Bonchev–Trinajstić information content (AvgIpc) is 2.72. The Morgan fingerprint density at radius 2 is 2.29 bits per heavy atom. The van der Waals surface area contributed by atoms with Crippen molar-refractivity contribution in [3.8, 4) is 0 Å². The van der Waals surface area contributed by atoms with Crippen LogP contribution in [0.3, 0.4) is 0 Å². The van der Waals surface area contributed by atoms with Gasteiger partial charge in [-0.1, -0.05) is 6.07 Å². The minimum atomic E-state index is -0.967. The van der Waals surface area contributed by atoms with E-state index in [2.05, 4.69) is 20.9 Å². The Morgan fingerprint density at radius 1 is 1.50 bits per heavy atom. The van der Waals surface area contributed by atoms with Gasteiger partial charge in [0.1, 0.15) is 15.2 Å². The number of aromatic nitrogens is 1. The van der Waals surface area contributed by atoms with Crippen LogP contribution in [0, 0.1) is 0 Å². The van der Waals surface area contributed by atoms with Gasteiger partial charge < -0.3 is 5.11 Å². The van der Waals surface area contributed by atoms with Gasteiger partial charge in [0, 0.05) is 10.3 Å². The zero-order chi connectivity index (χ0) is 10.2. The van der Waals surface area contributed by atoms with Crippen LogP contribution in [0.1, 0.15) is 16.8 Å². The van der Waals surface area contributed by atoms with E-state index in [1.165, 1.54) is 22.7 Å². The molecule has 74 valence electrons. The second-order valence-corrected chi connectivity index (χ2v) is 5.64. The average molecular weight is 290 g/mol. The molecule has 5 heteroatoms. The number of hydrogen-bond donors (Lipinski definition) is 1. The van der Waals surface area contributed by atoms with E-state index in [4.69, 9.17) is 0 Å². The molecule has 2 heterocycles. The van der Waals surface area contributed by atoms with E-state index in [9.17, 15) is 5.11 Å². The van der Waals surface area contributed by atoms with Crippen molar-refractivity contribution in [3.05, 3.63) is 37.4 Å². The van der Waals surface area contributed by atoms with Gasteiger partial charge in [-0.3, -0.25) is 0 Å². The lowest BCUT2D eigenvalue weighted by Gasteiger charge is -2.18. The molecule has 2 aromatic rings. The molecular formula is C9H8BrNOS2. The third kappa shape index (κ3) is 1.77. The molecule has 0 bridgehead atoms. The summed E-state index contributed by atoms with van der Waals surface area (Å²) in [4.78, 5) is 5.15. The molecule has 0 aliphatic heterocycles. The molecule has 0 aromatic carbocycles. The van der Waals surface area contributed by atoms with Gasteiger partial charge >= 0.3 is 0 Å². The summed E-state index contributed by atoms with van der Waals surface area (Å²) in [6.45, 7) is 1.77. The van der Waals surface area contributed by atoms with Gasteiger partial charge in [0.2, 0.25) is 0 Å². The van der Waals surface area contributed by atoms with E-state index in [1.54, 1.807) is 6.92 Å². The van der Waals surface area contributed by atoms with Gasteiger partial charge in [0.15, 0.2) is 0 Å². The third-order valence-electron chi connectivity index (χ3n) is 1.89. The summed E-state index contributed by atoms with van der Waals surface area (Å²) in [5, 5.41) is 14.8. The molecule has 0 amide bonds. The van der Waals surface area contributed by atoms with Crippen LogP contribution in [0.15, 0.2) is 27.5 Å². The van der Waals surface area contributed by atoms with E-state index in [0.29, 0.717) is 5.01 Å². The van der Waals surface area contributed by atoms with Gasteiger partial charge in [0.25, 0.3) is 0 Å². The molecule has 0 fully saturated rings. The van der Waals surface area contributed by atoms with Crippen LogP contribution in [0.5, 0.6) is 0 Å². The Bertz CT molecular complexity index is 422. The van der Waals surface area contributed by atoms with Gasteiger partial charge in [-0.25, -0.2) is 4.98 Å². The quantitative estimate of drug-likeness (QED) is 0.921. The lowest BCUT2D eigenvalue weighted by Crippen LogP contribution is -2.20. The Balaban J connectivity index is 2.42. The number of aliphatic hydroxyl groups is 1. The Labute approximate surface area is 98.4 Å². The van der Waals surface area contributed by atoms with Crippen LogP contribution in [0.25, 0.3) is 0 Å². The first-order chi connectivity index (χ1) is 6.60. The molecule has 2 rings (SSSR count). The van der Waals surface area contributed by atoms with Crippen LogP contribution < -0.4 is 0 Å². The van der Waals surface area contributed by atoms with E-state index in [1.807, 2.05) is 22.9 Å². The highest BCUT2D eigenvalue weighted by Crippen LogP contribution is 2.34. The number of halogens is 1. The van der Waals surface area contributed by atoms with Gasteiger partial charge in [0.05, 0.1) is 0 Å². The fourth-order valence-electron chi connectivity index (χ4n) is 1.14. The number of thiazole rings is 1. The molecule has 2 nitrogen and oxygen atoms in total. The highest BCUT2D eigenvalue weighted by atomic mass is 79.9. The Morgan fingerprint density at radius 3 is 2.79 bits per heavy atom. The predicted molar refractivity (Wildman–Crippen MR) is 62.8 cm³/mol. The SMILES string of the molecule is CC(O)(c1cccs1)c1nc(Br)cs1. The van der Waals surface area contributed by atoms with Crippen LogP contribution in [0.4, 0.5) is 0 Å². The number of rotatable bonds is 2. The van der Waals surface area contributed by atoms with Gasteiger partial charge in [-0.15, -0.1) is 22.7 Å². The van der Waals surface area contributed by atoms with Crippen molar-refractivity contribution in [3.63, 3.8) is 0 Å². The monoisotopic (exact) mass is 289 g/mol. The number of hydrogen-bond acceptors (Lipinski definition) is 4. The van der Waals surface area contributed by atoms with E-state index in [-0.39, 0.29) is 0 Å². The second kappa shape index (κ2) is 3.73. The summed E-state index contributed by atoms with van der Waals surface area (Å²) in [6.07, 6.45) is 0.